The van der Waals surface area contributed by atoms with Crippen molar-refractivity contribution in [1.82, 2.24) is 9.97 Å². The lowest BCUT2D eigenvalue weighted by atomic mass is 9.99. The Bertz CT molecular complexity index is 3450. The Balaban J connectivity index is 0.000000260. The van der Waals surface area contributed by atoms with Gasteiger partial charge in [0.2, 0.25) is 24.0 Å². The van der Waals surface area contributed by atoms with E-state index in [0.29, 0.717) is 53.0 Å². The molecule has 4 N–H and O–H groups in total. The van der Waals surface area contributed by atoms with Crippen LogP contribution in [0.1, 0.15) is 94.0 Å². The molecule has 1 aliphatic heterocycles. The molecule has 5 aromatic carbocycles. The van der Waals surface area contributed by atoms with Crippen molar-refractivity contribution in [3.8, 4) is 23.3 Å². The molecule has 14 nitrogen and oxygen atoms in total. The maximum atomic E-state index is 13.1. The molecule has 8 rings (SSSR count). The summed E-state index contributed by atoms with van der Waals surface area (Å²) >= 11 is 9.53. The van der Waals surface area contributed by atoms with Gasteiger partial charge in [0.25, 0.3) is 0 Å². The summed E-state index contributed by atoms with van der Waals surface area (Å²) in [6.07, 6.45) is -7.27. The summed E-state index contributed by atoms with van der Waals surface area (Å²) in [5.74, 6) is 0.892. The maximum absolute atomic E-state index is 13.1. The molecule has 0 spiro atoms. The van der Waals surface area contributed by atoms with Gasteiger partial charge in [-0.3, -0.25) is 29.5 Å². The first-order valence-corrected chi connectivity index (χ1v) is 26.6. The zero-order valence-electron chi connectivity index (χ0n) is 47.3. The van der Waals surface area contributed by atoms with Gasteiger partial charge in [0.1, 0.15) is 22.9 Å². The predicted octanol–water partition coefficient (Wildman–Crippen LogP) is 16.2. The minimum atomic E-state index is -4.64. The SMILES string of the molecule is Cc1cc(C)c(C(F)(F)F)cc1NC(=O)CC(=O)c1cccc(Oc2ccccn2)c1.Cc1cc(N)c(NC(=O)OC(C)(C)C)cc1C.Cc1cc2c(cc1C)N=C(c1cccc(Oc3ccccn3)c1)CC(=O)C2.ClCCl.O=CC(F)(F)F. The number of nitrogens with two attached hydrogens (primary N) is 1. The summed E-state index contributed by atoms with van der Waals surface area (Å²) in [5.41, 5.74) is 14.5. The highest BCUT2D eigenvalue weighted by atomic mass is 35.5. The van der Waals surface area contributed by atoms with Crippen LogP contribution in [0.2, 0.25) is 0 Å². The van der Waals surface area contributed by atoms with Crippen LogP contribution in [-0.4, -0.2) is 62.6 Å². The number of amides is 2. The molecule has 0 fully saturated rings. The third kappa shape index (κ3) is 23.0. The fourth-order valence-electron chi connectivity index (χ4n) is 7.54. The lowest BCUT2D eigenvalue weighted by Crippen LogP contribution is -2.27. The first kappa shape index (κ1) is 67.9. The molecule has 0 atom stereocenters. The maximum Gasteiger partial charge on any atom is 0.446 e. The number of ketones is 2. The summed E-state index contributed by atoms with van der Waals surface area (Å²) in [6, 6.07) is 34.6. The van der Waals surface area contributed by atoms with E-state index >= 15 is 0 Å². The Morgan fingerprint density at radius 1 is 0.643 bits per heavy atom. The number of hydrogen-bond donors (Lipinski definition) is 3. The predicted molar refractivity (Wildman–Crippen MR) is 314 cm³/mol. The van der Waals surface area contributed by atoms with E-state index in [4.69, 9.17) is 52.9 Å². The summed E-state index contributed by atoms with van der Waals surface area (Å²) < 4.78 is 87.2. The van der Waals surface area contributed by atoms with Crippen LogP contribution in [0.15, 0.2) is 139 Å². The molecule has 2 amide bonds. The van der Waals surface area contributed by atoms with Crippen LogP contribution in [0, 0.1) is 41.5 Å². The number of aliphatic imine (C=N–C) groups is 1. The van der Waals surface area contributed by atoms with Crippen molar-refractivity contribution in [2.75, 3.05) is 21.7 Å². The van der Waals surface area contributed by atoms with Gasteiger partial charge in [0.05, 0.1) is 40.1 Å². The fraction of sp³-hybridized carbons (Fsp3) is 0.258. The number of nitrogens with zero attached hydrogens (tertiary/aromatic N) is 3. The van der Waals surface area contributed by atoms with E-state index in [-0.39, 0.29) is 27.9 Å². The number of anilines is 3. The zero-order chi connectivity index (χ0) is 62.5. The van der Waals surface area contributed by atoms with Gasteiger partial charge in [-0.1, -0.05) is 48.5 Å². The minimum Gasteiger partial charge on any atom is -0.444 e. The van der Waals surface area contributed by atoms with Gasteiger partial charge in [-0.25, -0.2) is 14.8 Å². The quantitative estimate of drug-likeness (QED) is 0.0294. The molecule has 22 heteroatoms. The number of benzene rings is 5. The number of nitrogen functional groups attached to an aromatic ring is 1. The minimum absolute atomic E-state index is 0.0166. The van der Waals surface area contributed by atoms with Crippen LogP contribution >= 0.6 is 23.2 Å². The number of Topliss-reactive ketones (excluding diaryl/α,β-unsaturated/α-hetero) is 2. The van der Waals surface area contributed by atoms with Crippen LogP contribution < -0.4 is 25.8 Å². The summed E-state index contributed by atoms with van der Waals surface area (Å²) in [5, 5.41) is 5.25. The lowest BCUT2D eigenvalue weighted by Gasteiger charge is -2.20. The highest BCUT2D eigenvalue weighted by Crippen LogP contribution is 2.36. The van der Waals surface area contributed by atoms with E-state index in [1.54, 1.807) is 55.7 Å². The summed E-state index contributed by atoms with van der Waals surface area (Å²) in [7, 11) is 0. The van der Waals surface area contributed by atoms with E-state index in [9.17, 15) is 45.5 Å². The second-order valence-electron chi connectivity index (χ2n) is 19.7. The molecule has 444 valence electrons. The molecule has 0 unspecified atom stereocenters. The molecule has 1 aliphatic rings. The number of pyridine rings is 2. The number of nitrogens with one attached hydrogen (secondary N) is 2. The lowest BCUT2D eigenvalue weighted by molar-refractivity contribution is -0.156. The van der Waals surface area contributed by atoms with Gasteiger partial charge in [-0.15, -0.1) is 23.2 Å². The van der Waals surface area contributed by atoms with Crippen LogP contribution in [0.25, 0.3) is 0 Å². The number of aromatic nitrogens is 2. The number of rotatable bonds is 10. The first-order chi connectivity index (χ1) is 39.4. The molecule has 0 bridgehead atoms. The van der Waals surface area contributed by atoms with Crippen LogP contribution in [0.5, 0.6) is 23.3 Å². The number of hydrogen-bond acceptors (Lipinski definition) is 12. The average Bonchev–Trinajstić information content (AvgIpc) is 3.46. The second kappa shape index (κ2) is 31.2. The third-order valence-corrected chi connectivity index (χ3v) is 11.7. The average molecular weight is 1200 g/mol. The fourth-order valence-corrected chi connectivity index (χ4v) is 7.54. The van der Waals surface area contributed by atoms with Gasteiger partial charge in [0, 0.05) is 54.2 Å². The molecule has 0 aliphatic carbocycles. The number of carbonyl (C=O) groups is 5. The van der Waals surface area contributed by atoms with E-state index in [0.717, 1.165) is 39.7 Å². The van der Waals surface area contributed by atoms with Crippen LogP contribution in [0.4, 0.5) is 53.9 Å². The number of aldehydes is 1. The van der Waals surface area contributed by atoms with E-state index in [1.807, 2.05) is 83.1 Å². The van der Waals surface area contributed by atoms with Crippen molar-refractivity contribution in [3.63, 3.8) is 0 Å². The molecule has 0 saturated heterocycles. The Morgan fingerprint density at radius 2 is 1.19 bits per heavy atom. The van der Waals surface area contributed by atoms with Crippen molar-refractivity contribution in [1.29, 1.82) is 0 Å². The molecule has 0 saturated carbocycles. The van der Waals surface area contributed by atoms with Gasteiger partial charge >= 0.3 is 18.4 Å². The number of carbonyl (C=O) groups excluding carboxylic acids is 5. The first-order valence-electron chi connectivity index (χ1n) is 25.5. The molecule has 84 heavy (non-hydrogen) atoms. The smallest absolute Gasteiger partial charge is 0.444 e. The van der Waals surface area contributed by atoms with Gasteiger partial charge in [0.15, 0.2) is 5.78 Å². The number of aryl methyl sites for hydroxylation is 6. The van der Waals surface area contributed by atoms with Crippen molar-refractivity contribution in [3.05, 3.63) is 189 Å². The molecular formula is C62H62Cl2F6N6O8. The number of halogens is 8. The Labute approximate surface area is 492 Å². The molecule has 2 aromatic heterocycles. The van der Waals surface area contributed by atoms with E-state index < -0.39 is 54.0 Å². The Kier molecular flexibility index (Phi) is 25.2. The van der Waals surface area contributed by atoms with Crippen molar-refractivity contribution < 1.29 is 64.5 Å². The van der Waals surface area contributed by atoms with Crippen molar-refractivity contribution in [2.45, 2.75) is 99.5 Å². The molecule has 7 aromatic rings. The molecule has 3 heterocycles. The standard InChI is InChI=1S/C23H19F3N2O3.C23H20N2O2.C13H20N2O2.C2HF3O.CH2Cl2/c1-14-10-15(2)19(12-18(14)23(24,25)26)28-21(30)13-20(29)16-6-5-7-17(11-16)31-22-8-3-4-9-27-22;1-15-10-18-12-19(26)14-22(25-21(18)11-16(15)2)17-6-5-7-20(13-17)27-23-8-3-4-9-24-23;1-8-6-10(14)11(7-9(8)2)15-12(16)17-13(3,4)5;3-2(4,5)1-6;2-1-3/h3-12H,13H2,1-2H3,(H,28,30);3-11,13H,12,14H2,1-2H3;6-7H,14H2,1-5H3,(H,15,16);1H;1H2. The van der Waals surface area contributed by atoms with E-state index in [2.05, 4.69) is 46.6 Å². The summed E-state index contributed by atoms with van der Waals surface area (Å²) in [6.45, 7) is 16.5. The highest BCUT2D eigenvalue weighted by molar-refractivity contribution is 6.40. The molecule has 0 radical (unpaired) electrons. The van der Waals surface area contributed by atoms with Crippen molar-refractivity contribution in [2.24, 2.45) is 4.99 Å². The monoisotopic (exact) mass is 1200 g/mol. The number of alkyl halides is 8. The normalized spacial score (nSPS) is 11.7. The third-order valence-electron chi connectivity index (χ3n) is 11.7. The van der Waals surface area contributed by atoms with Gasteiger partial charge < -0.3 is 25.3 Å². The van der Waals surface area contributed by atoms with Crippen LogP contribution in [-0.2, 0) is 31.7 Å². The van der Waals surface area contributed by atoms with Crippen molar-refractivity contribution >= 4 is 81.5 Å². The van der Waals surface area contributed by atoms with Gasteiger partial charge in [-0.2, -0.15) is 26.3 Å². The largest absolute Gasteiger partial charge is 0.446 e. The topological polar surface area (TPSA) is 201 Å². The van der Waals surface area contributed by atoms with Crippen LogP contribution in [0.3, 0.4) is 0 Å². The second-order valence-corrected chi connectivity index (χ2v) is 20.5. The Hall–Kier alpha value is -8.62. The van der Waals surface area contributed by atoms with Gasteiger partial charge in [-0.05, 0) is 162 Å². The zero-order valence-corrected chi connectivity index (χ0v) is 48.8. The number of ether oxygens (including phenoxy) is 3. The number of fused-ring (bicyclic) bond motifs is 1. The Morgan fingerprint density at radius 3 is 1.74 bits per heavy atom. The highest BCUT2D eigenvalue weighted by Gasteiger charge is 2.33. The molecular weight excluding hydrogens is 1140 g/mol. The summed E-state index contributed by atoms with van der Waals surface area (Å²) in [4.78, 5) is 70.6. The van der Waals surface area contributed by atoms with E-state index in [1.165, 1.54) is 36.2 Å².